The molecule has 1 fully saturated rings. The number of carbonyl (C=O) groups excluding carboxylic acids is 2. The number of ether oxygens (including phenoxy) is 2. The van der Waals surface area contributed by atoms with E-state index >= 15 is 0 Å². The van der Waals surface area contributed by atoms with Crippen molar-refractivity contribution >= 4 is 23.0 Å². The standard InChI is InChI=1S/C18H25NO4S/c1-16(2)12-23-17(3,4)19(16)15(21)24-18(5,14(20)22-6)13-10-8-7-9-11-13/h7-11H,12H2,1-6H3/t18-/m1/s1. The highest BCUT2D eigenvalue weighted by molar-refractivity contribution is 8.14. The Bertz CT molecular complexity index is 613. The minimum atomic E-state index is -1.12. The van der Waals surface area contributed by atoms with Gasteiger partial charge in [0, 0.05) is 0 Å². The number of methoxy groups -OCH3 is 1. The van der Waals surface area contributed by atoms with Crippen LogP contribution in [0.4, 0.5) is 4.79 Å². The Labute approximate surface area is 147 Å². The van der Waals surface area contributed by atoms with Gasteiger partial charge in [-0.15, -0.1) is 0 Å². The Morgan fingerprint density at radius 2 is 1.79 bits per heavy atom. The molecule has 0 N–H and O–H groups in total. The third-order valence-electron chi connectivity index (χ3n) is 4.30. The lowest BCUT2D eigenvalue weighted by atomic mass is 10.0. The Kier molecular flexibility index (Phi) is 5.02. The molecule has 1 aliphatic rings. The SMILES string of the molecule is COC(=O)[C@](C)(SC(=O)N1C(C)(C)COC1(C)C)c1ccccc1. The maximum absolute atomic E-state index is 13.1. The predicted octanol–water partition coefficient (Wildman–Crippen LogP) is 3.77. The normalized spacial score (nSPS) is 21.2. The zero-order valence-corrected chi connectivity index (χ0v) is 15.9. The summed E-state index contributed by atoms with van der Waals surface area (Å²) in [6, 6.07) is 9.21. The number of rotatable bonds is 3. The Balaban J connectivity index is 2.37. The summed E-state index contributed by atoms with van der Waals surface area (Å²) in [7, 11) is 1.33. The zero-order chi connectivity index (χ0) is 18.2. The summed E-state index contributed by atoms with van der Waals surface area (Å²) >= 11 is 0.967. The van der Waals surface area contributed by atoms with Crippen LogP contribution in [0.25, 0.3) is 0 Å². The van der Waals surface area contributed by atoms with Crippen LogP contribution in [-0.4, -0.2) is 41.1 Å². The number of hydrogen-bond acceptors (Lipinski definition) is 5. The van der Waals surface area contributed by atoms with Gasteiger partial charge < -0.3 is 9.47 Å². The molecule has 1 aliphatic heterocycles. The number of thioether (sulfide) groups is 1. The molecule has 5 nitrogen and oxygen atoms in total. The van der Waals surface area contributed by atoms with Gasteiger partial charge in [0.1, 0.15) is 10.5 Å². The lowest BCUT2D eigenvalue weighted by Crippen LogP contribution is -2.52. The summed E-state index contributed by atoms with van der Waals surface area (Å²) in [5.74, 6) is -0.456. The van der Waals surface area contributed by atoms with Crippen LogP contribution in [0.1, 0.15) is 40.2 Å². The summed E-state index contributed by atoms with van der Waals surface area (Å²) < 4.78 is 9.62. The maximum Gasteiger partial charge on any atom is 0.326 e. The fraction of sp³-hybridized carbons (Fsp3) is 0.556. The monoisotopic (exact) mass is 351 g/mol. The first-order valence-electron chi connectivity index (χ1n) is 7.86. The van der Waals surface area contributed by atoms with Gasteiger partial charge in [-0.1, -0.05) is 30.3 Å². The molecule has 6 heteroatoms. The van der Waals surface area contributed by atoms with E-state index in [-0.39, 0.29) is 5.24 Å². The van der Waals surface area contributed by atoms with Gasteiger partial charge in [0.15, 0.2) is 0 Å². The van der Waals surface area contributed by atoms with Crippen molar-refractivity contribution in [3.63, 3.8) is 0 Å². The molecule has 24 heavy (non-hydrogen) atoms. The van der Waals surface area contributed by atoms with Gasteiger partial charge in [-0.3, -0.25) is 14.5 Å². The van der Waals surface area contributed by atoms with Gasteiger partial charge in [0.25, 0.3) is 5.24 Å². The fourth-order valence-corrected chi connectivity index (χ4v) is 4.40. The van der Waals surface area contributed by atoms with Crippen LogP contribution >= 0.6 is 11.8 Å². The van der Waals surface area contributed by atoms with Gasteiger partial charge >= 0.3 is 5.97 Å². The molecule has 2 rings (SSSR count). The lowest BCUT2D eigenvalue weighted by molar-refractivity contribution is -0.143. The molecule has 0 bridgehead atoms. The molecule has 0 aromatic heterocycles. The minimum Gasteiger partial charge on any atom is -0.468 e. The van der Waals surface area contributed by atoms with Crippen molar-refractivity contribution in [1.29, 1.82) is 0 Å². The molecule has 0 spiro atoms. The highest BCUT2D eigenvalue weighted by atomic mass is 32.2. The molecule has 0 saturated carbocycles. The molecule has 1 atom stereocenters. The summed E-state index contributed by atoms with van der Waals surface area (Å²) in [5, 5.41) is -0.209. The van der Waals surface area contributed by atoms with Gasteiger partial charge in [-0.05, 0) is 51.9 Å². The average Bonchev–Trinajstić information content (AvgIpc) is 2.75. The van der Waals surface area contributed by atoms with E-state index in [1.807, 2.05) is 58.0 Å². The summed E-state index contributed by atoms with van der Waals surface area (Å²) in [6.07, 6.45) is 0. The quantitative estimate of drug-likeness (QED) is 0.776. The van der Waals surface area contributed by atoms with Crippen molar-refractivity contribution in [3.05, 3.63) is 35.9 Å². The minimum absolute atomic E-state index is 0.209. The molecule has 0 unspecified atom stereocenters. The van der Waals surface area contributed by atoms with Crippen LogP contribution in [0.5, 0.6) is 0 Å². The van der Waals surface area contributed by atoms with E-state index < -0.39 is 22.0 Å². The molecule has 1 amide bonds. The Hall–Kier alpha value is -1.53. The topological polar surface area (TPSA) is 55.8 Å². The lowest BCUT2D eigenvalue weighted by Gasteiger charge is -2.39. The number of benzene rings is 1. The van der Waals surface area contributed by atoms with Crippen LogP contribution in [0.15, 0.2) is 30.3 Å². The summed E-state index contributed by atoms with van der Waals surface area (Å²) in [5.41, 5.74) is -0.436. The maximum atomic E-state index is 13.1. The predicted molar refractivity (Wildman–Crippen MR) is 94.7 cm³/mol. The number of hydrogen-bond donors (Lipinski definition) is 0. The third kappa shape index (κ3) is 3.30. The van der Waals surface area contributed by atoms with Crippen LogP contribution in [0.2, 0.25) is 0 Å². The van der Waals surface area contributed by atoms with Crippen molar-refractivity contribution in [1.82, 2.24) is 4.90 Å². The van der Waals surface area contributed by atoms with Crippen molar-refractivity contribution in [2.24, 2.45) is 0 Å². The van der Waals surface area contributed by atoms with E-state index in [4.69, 9.17) is 9.47 Å². The van der Waals surface area contributed by atoms with Crippen molar-refractivity contribution in [2.75, 3.05) is 13.7 Å². The van der Waals surface area contributed by atoms with Crippen LogP contribution in [0, 0.1) is 0 Å². The molecular weight excluding hydrogens is 326 g/mol. The Morgan fingerprint density at radius 1 is 1.21 bits per heavy atom. The largest absolute Gasteiger partial charge is 0.468 e. The molecule has 1 heterocycles. The van der Waals surface area contributed by atoms with E-state index in [1.165, 1.54) is 7.11 Å². The number of amides is 1. The highest BCUT2D eigenvalue weighted by Gasteiger charge is 2.51. The third-order valence-corrected chi connectivity index (χ3v) is 5.46. The van der Waals surface area contributed by atoms with E-state index in [0.29, 0.717) is 6.61 Å². The molecule has 1 aromatic carbocycles. The fourth-order valence-electron chi connectivity index (χ4n) is 3.07. The molecular formula is C18H25NO4S. The molecule has 0 radical (unpaired) electrons. The first kappa shape index (κ1) is 18.8. The first-order chi connectivity index (χ1) is 11.0. The number of carbonyl (C=O) groups is 2. The van der Waals surface area contributed by atoms with E-state index in [0.717, 1.165) is 17.3 Å². The highest BCUT2D eigenvalue weighted by Crippen LogP contribution is 2.44. The smallest absolute Gasteiger partial charge is 0.326 e. The number of esters is 1. The molecule has 1 saturated heterocycles. The van der Waals surface area contributed by atoms with E-state index in [9.17, 15) is 9.59 Å². The van der Waals surface area contributed by atoms with Crippen LogP contribution in [-0.2, 0) is 19.0 Å². The molecule has 1 aromatic rings. The van der Waals surface area contributed by atoms with E-state index in [1.54, 1.807) is 11.8 Å². The summed E-state index contributed by atoms with van der Waals surface area (Å²) in [4.78, 5) is 27.3. The average molecular weight is 351 g/mol. The van der Waals surface area contributed by atoms with Crippen LogP contribution < -0.4 is 0 Å². The van der Waals surface area contributed by atoms with Crippen molar-refractivity contribution in [3.8, 4) is 0 Å². The van der Waals surface area contributed by atoms with E-state index in [2.05, 4.69) is 0 Å². The molecule has 132 valence electrons. The Morgan fingerprint density at radius 3 is 2.25 bits per heavy atom. The second kappa shape index (κ2) is 6.41. The van der Waals surface area contributed by atoms with Gasteiger partial charge in [0.05, 0.1) is 19.3 Å². The number of nitrogens with zero attached hydrogens (tertiary/aromatic N) is 1. The second-order valence-corrected chi connectivity index (χ2v) is 8.51. The second-order valence-electron chi connectivity index (χ2n) is 7.14. The van der Waals surface area contributed by atoms with Crippen molar-refractivity contribution in [2.45, 2.75) is 50.6 Å². The first-order valence-corrected chi connectivity index (χ1v) is 8.67. The van der Waals surface area contributed by atoms with Crippen molar-refractivity contribution < 1.29 is 19.1 Å². The van der Waals surface area contributed by atoms with Gasteiger partial charge in [-0.25, -0.2) is 0 Å². The van der Waals surface area contributed by atoms with Gasteiger partial charge in [-0.2, -0.15) is 0 Å². The van der Waals surface area contributed by atoms with Gasteiger partial charge in [0.2, 0.25) is 0 Å². The zero-order valence-electron chi connectivity index (χ0n) is 15.1. The molecule has 0 aliphatic carbocycles. The van der Waals surface area contributed by atoms with Crippen LogP contribution in [0.3, 0.4) is 0 Å². The summed E-state index contributed by atoms with van der Waals surface area (Å²) in [6.45, 7) is 9.80.